The van der Waals surface area contributed by atoms with E-state index in [0.717, 1.165) is 18.8 Å². The van der Waals surface area contributed by atoms with E-state index in [1.54, 1.807) is 0 Å². The van der Waals surface area contributed by atoms with Crippen molar-refractivity contribution < 1.29 is 0 Å². The maximum Gasteiger partial charge on any atom is 0.0560 e. The molecule has 94 valence electrons. The van der Waals surface area contributed by atoms with Crippen LogP contribution in [-0.4, -0.2) is 42.1 Å². The molecule has 4 nitrogen and oxygen atoms in total. The highest BCUT2D eigenvalue weighted by Crippen LogP contribution is 2.21. The van der Waals surface area contributed by atoms with E-state index in [1.807, 2.05) is 6.20 Å². The molecule has 0 spiro atoms. The summed E-state index contributed by atoms with van der Waals surface area (Å²) in [5.41, 5.74) is 7.84. The summed E-state index contributed by atoms with van der Waals surface area (Å²) < 4.78 is 0. The van der Waals surface area contributed by atoms with Gasteiger partial charge in [0.15, 0.2) is 0 Å². The summed E-state index contributed by atoms with van der Waals surface area (Å²) in [5.74, 6) is 0. The molecule has 2 rings (SSSR count). The quantitative estimate of drug-likeness (QED) is 0.831. The number of pyridine rings is 1. The fourth-order valence-electron chi connectivity index (χ4n) is 2.39. The zero-order valence-corrected chi connectivity index (χ0v) is 10.9. The Hall–Kier alpha value is -1.13. The van der Waals surface area contributed by atoms with E-state index >= 15 is 0 Å². The fourth-order valence-corrected chi connectivity index (χ4v) is 2.39. The summed E-state index contributed by atoms with van der Waals surface area (Å²) in [6, 6.07) is 5.33. The lowest BCUT2D eigenvalue weighted by molar-refractivity contribution is 0.170. The van der Waals surface area contributed by atoms with Crippen LogP contribution in [0.2, 0.25) is 0 Å². The Morgan fingerprint density at radius 1 is 1.35 bits per heavy atom. The van der Waals surface area contributed by atoms with Crippen molar-refractivity contribution in [1.82, 2.24) is 9.88 Å². The van der Waals surface area contributed by atoms with Crippen LogP contribution in [0.25, 0.3) is 0 Å². The van der Waals surface area contributed by atoms with Crippen molar-refractivity contribution >= 4 is 5.69 Å². The summed E-state index contributed by atoms with van der Waals surface area (Å²) in [6.07, 6.45) is 1.85. The third-order valence-corrected chi connectivity index (χ3v) is 3.73. The zero-order valence-electron chi connectivity index (χ0n) is 10.9. The summed E-state index contributed by atoms with van der Waals surface area (Å²) in [7, 11) is 2.20. The van der Waals surface area contributed by atoms with Crippen LogP contribution < -0.4 is 10.6 Å². The van der Waals surface area contributed by atoms with Gasteiger partial charge in [-0.3, -0.25) is 9.88 Å². The van der Waals surface area contributed by atoms with E-state index in [2.05, 4.69) is 47.8 Å². The van der Waals surface area contributed by atoms with Gasteiger partial charge in [-0.15, -0.1) is 0 Å². The number of piperazine rings is 1. The average molecular weight is 234 g/mol. The van der Waals surface area contributed by atoms with Crippen molar-refractivity contribution in [1.29, 1.82) is 0 Å². The molecule has 1 aliphatic heterocycles. The second kappa shape index (κ2) is 5.02. The number of nitrogens with zero attached hydrogens (tertiary/aromatic N) is 3. The molecule has 2 unspecified atom stereocenters. The van der Waals surface area contributed by atoms with E-state index in [1.165, 1.54) is 5.69 Å². The largest absolute Gasteiger partial charge is 0.368 e. The van der Waals surface area contributed by atoms with Gasteiger partial charge >= 0.3 is 0 Å². The smallest absolute Gasteiger partial charge is 0.0560 e. The third kappa shape index (κ3) is 2.58. The third-order valence-electron chi connectivity index (χ3n) is 3.73. The molecule has 1 aromatic rings. The lowest BCUT2D eigenvalue weighted by Gasteiger charge is -2.43. The van der Waals surface area contributed by atoms with E-state index < -0.39 is 0 Å². The topological polar surface area (TPSA) is 45.4 Å². The Morgan fingerprint density at radius 3 is 2.59 bits per heavy atom. The first-order chi connectivity index (χ1) is 8.11. The van der Waals surface area contributed by atoms with E-state index in [4.69, 9.17) is 5.73 Å². The van der Waals surface area contributed by atoms with Crippen molar-refractivity contribution in [3.63, 3.8) is 0 Å². The second-order valence-electron chi connectivity index (χ2n) is 4.98. The highest BCUT2D eigenvalue weighted by Gasteiger charge is 2.26. The fraction of sp³-hybridized carbons (Fsp3) is 0.615. The maximum absolute atomic E-state index is 5.64. The first kappa shape index (κ1) is 12.3. The Balaban J connectivity index is 2.16. The minimum absolute atomic E-state index is 0.507. The SMILES string of the molecule is CC1CN(c2ccnc(CN)c2)CC(C)N1C. The zero-order chi connectivity index (χ0) is 12.4. The highest BCUT2D eigenvalue weighted by atomic mass is 15.3. The summed E-state index contributed by atoms with van der Waals surface area (Å²) in [5, 5.41) is 0. The van der Waals surface area contributed by atoms with E-state index in [0.29, 0.717) is 18.6 Å². The number of hydrogen-bond acceptors (Lipinski definition) is 4. The van der Waals surface area contributed by atoms with Gasteiger partial charge in [0, 0.05) is 43.6 Å². The van der Waals surface area contributed by atoms with Crippen LogP contribution in [0.1, 0.15) is 19.5 Å². The monoisotopic (exact) mass is 234 g/mol. The summed E-state index contributed by atoms with van der Waals surface area (Å²) in [4.78, 5) is 9.10. The van der Waals surface area contributed by atoms with Gasteiger partial charge in [-0.25, -0.2) is 0 Å². The molecule has 0 radical (unpaired) electrons. The van der Waals surface area contributed by atoms with E-state index in [-0.39, 0.29) is 0 Å². The minimum atomic E-state index is 0.507. The van der Waals surface area contributed by atoms with Crippen LogP contribution in [0.3, 0.4) is 0 Å². The first-order valence-corrected chi connectivity index (χ1v) is 6.23. The van der Waals surface area contributed by atoms with Gasteiger partial charge in [-0.05, 0) is 33.0 Å². The van der Waals surface area contributed by atoms with Crippen molar-refractivity contribution in [3.8, 4) is 0 Å². The van der Waals surface area contributed by atoms with Crippen molar-refractivity contribution in [2.24, 2.45) is 5.73 Å². The number of hydrogen-bond donors (Lipinski definition) is 1. The first-order valence-electron chi connectivity index (χ1n) is 6.23. The molecule has 0 aliphatic carbocycles. The number of aromatic nitrogens is 1. The van der Waals surface area contributed by atoms with Gasteiger partial charge in [0.25, 0.3) is 0 Å². The molecule has 2 atom stereocenters. The molecule has 4 heteroatoms. The van der Waals surface area contributed by atoms with Crippen molar-refractivity contribution in [2.45, 2.75) is 32.5 Å². The van der Waals surface area contributed by atoms with Gasteiger partial charge in [0.2, 0.25) is 0 Å². The Bertz CT molecular complexity index is 367. The van der Waals surface area contributed by atoms with Crippen LogP contribution in [0.5, 0.6) is 0 Å². The number of anilines is 1. The molecule has 2 heterocycles. The Labute approximate surface area is 103 Å². The molecule has 1 saturated heterocycles. The molecule has 0 saturated carbocycles. The second-order valence-corrected chi connectivity index (χ2v) is 4.98. The van der Waals surface area contributed by atoms with Crippen LogP contribution in [0, 0.1) is 0 Å². The molecule has 0 bridgehead atoms. The average Bonchev–Trinajstić information content (AvgIpc) is 2.35. The lowest BCUT2D eigenvalue weighted by Crippen LogP contribution is -2.55. The van der Waals surface area contributed by atoms with Crippen LogP contribution >= 0.6 is 0 Å². The molecule has 0 aromatic carbocycles. The van der Waals surface area contributed by atoms with Gasteiger partial charge in [-0.1, -0.05) is 0 Å². The van der Waals surface area contributed by atoms with Crippen LogP contribution in [-0.2, 0) is 6.54 Å². The van der Waals surface area contributed by atoms with Gasteiger partial charge in [0.1, 0.15) is 0 Å². The molecule has 17 heavy (non-hydrogen) atoms. The van der Waals surface area contributed by atoms with Crippen molar-refractivity contribution in [2.75, 3.05) is 25.0 Å². The normalized spacial score (nSPS) is 26.2. The van der Waals surface area contributed by atoms with Gasteiger partial charge in [-0.2, -0.15) is 0 Å². The van der Waals surface area contributed by atoms with Crippen LogP contribution in [0.4, 0.5) is 5.69 Å². The van der Waals surface area contributed by atoms with Crippen LogP contribution in [0.15, 0.2) is 18.3 Å². The molecule has 0 amide bonds. The number of rotatable bonds is 2. The molecular weight excluding hydrogens is 212 g/mol. The van der Waals surface area contributed by atoms with Gasteiger partial charge in [0.05, 0.1) is 5.69 Å². The molecule has 1 aromatic heterocycles. The number of nitrogens with two attached hydrogens (primary N) is 1. The molecule has 1 aliphatic rings. The molecule has 2 N–H and O–H groups in total. The summed E-state index contributed by atoms with van der Waals surface area (Å²) in [6.45, 7) is 7.18. The maximum atomic E-state index is 5.64. The Morgan fingerprint density at radius 2 is 2.00 bits per heavy atom. The van der Waals surface area contributed by atoms with Crippen molar-refractivity contribution in [3.05, 3.63) is 24.0 Å². The minimum Gasteiger partial charge on any atom is -0.368 e. The van der Waals surface area contributed by atoms with Gasteiger partial charge < -0.3 is 10.6 Å². The Kier molecular flexibility index (Phi) is 3.64. The lowest BCUT2D eigenvalue weighted by atomic mass is 10.1. The standard InChI is InChI=1S/C13H22N4/c1-10-8-17(9-11(2)16(10)3)13-4-5-15-12(6-13)7-14/h4-6,10-11H,7-9,14H2,1-3H3. The number of likely N-dealkylation sites (N-methyl/N-ethyl adjacent to an activating group) is 1. The highest BCUT2D eigenvalue weighted by molar-refractivity contribution is 5.47. The predicted molar refractivity (Wildman–Crippen MR) is 71.0 cm³/mol. The molecule has 1 fully saturated rings. The molecular formula is C13H22N4. The van der Waals surface area contributed by atoms with E-state index in [9.17, 15) is 0 Å². The predicted octanol–water partition coefficient (Wildman–Crippen LogP) is 1.07. The summed E-state index contributed by atoms with van der Waals surface area (Å²) >= 11 is 0.